The fourth-order valence-electron chi connectivity index (χ4n) is 3.59. The van der Waals surface area contributed by atoms with Crippen molar-refractivity contribution in [3.05, 3.63) is 65.7 Å². The van der Waals surface area contributed by atoms with Crippen LogP contribution in [0.1, 0.15) is 90.0 Å². The van der Waals surface area contributed by atoms with Gasteiger partial charge in [-0.1, -0.05) is 0 Å². The van der Waals surface area contributed by atoms with Gasteiger partial charge in [-0.3, -0.25) is 0 Å². The summed E-state index contributed by atoms with van der Waals surface area (Å²) in [6.45, 7) is 28.1. The Morgan fingerprint density at radius 2 is 1.24 bits per heavy atom. The quantitative estimate of drug-likeness (QED) is 0.400. The van der Waals surface area contributed by atoms with E-state index in [9.17, 15) is 14.0 Å². The van der Waals surface area contributed by atoms with Crippen LogP contribution in [0.4, 0.5) is 0 Å². The molecule has 0 spiro atoms. The van der Waals surface area contributed by atoms with Crippen molar-refractivity contribution in [2.24, 2.45) is 21.7 Å². The maximum atomic E-state index is 11.7. The number of rotatable bonds is 4. The van der Waals surface area contributed by atoms with Gasteiger partial charge in [0.2, 0.25) is 0 Å². The Kier molecular flexibility index (Phi) is 10.1. The summed E-state index contributed by atoms with van der Waals surface area (Å²) in [7, 11) is -4.50. The van der Waals surface area contributed by atoms with Crippen molar-refractivity contribution in [3.63, 3.8) is 0 Å². The molecule has 0 N–H and O–H groups in total. The van der Waals surface area contributed by atoms with Gasteiger partial charge in [0.25, 0.3) is 0 Å². The average molecular weight is 712 g/mol. The zero-order chi connectivity index (χ0) is 28.8. The van der Waals surface area contributed by atoms with Crippen molar-refractivity contribution in [3.8, 4) is 0 Å². The molecule has 208 valence electrons. The van der Waals surface area contributed by atoms with Gasteiger partial charge in [0.15, 0.2) is 0 Å². The van der Waals surface area contributed by atoms with Crippen molar-refractivity contribution in [2.45, 2.75) is 90.0 Å². The van der Waals surface area contributed by atoms with E-state index in [0.29, 0.717) is 15.0 Å². The van der Waals surface area contributed by atoms with E-state index < -0.39 is 29.7 Å². The summed E-state index contributed by atoms with van der Waals surface area (Å²) in [5, 5.41) is 0. The Morgan fingerprint density at radius 3 is 1.62 bits per heavy atom. The first-order valence-electron chi connectivity index (χ1n) is 12.6. The Labute approximate surface area is 240 Å². The minimum absolute atomic E-state index is 0.122. The Bertz CT molecular complexity index is 1100. The molecule has 0 unspecified atom stereocenters. The van der Waals surface area contributed by atoms with E-state index in [2.05, 4.69) is 126 Å². The molecule has 2 heterocycles. The molecular weight excluding hydrogens is 666 g/mol. The van der Waals surface area contributed by atoms with Gasteiger partial charge in [-0.25, -0.2) is 0 Å². The topological polar surface area (TPSA) is 78.4 Å². The molecule has 0 aromatic carbocycles. The number of hydrogen-bond acceptors (Lipinski definition) is 4. The molecule has 2 rings (SSSR count). The minimum atomic E-state index is -4.50. The summed E-state index contributed by atoms with van der Waals surface area (Å²) >= 11 is -2.75. The molecule has 0 atom stereocenters. The van der Waals surface area contributed by atoms with Crippen LogP contribution in [0.5, 0.6) is 0 Å². The van der Waals surface area contributed by atoms with E-state index in [1.807, 2.05) is 0 Å². The first-order valence-corrected chi connectivity index (χ1v) is 18.8. The van der Waals surface area contributed by atoms with E-state index in [-0.39, 0.29) is 21.7 Å². The standard InChI is InChI=1S/C30H45ClO4SeTe/c1-20(14-15-21-16-23(27(2,3)4)36-24(17-21)28(5,6)7)22-18-25(29(8,9)10)37(35-31(32,33)34)26(19-22)30(11,12)13/h14-19H,1-13H3/b20-14+. The second-order valence-electron chi connectivity index (χ2n) is 13.8. The molecule has 0 fully saturated rings. The monoisotopic (exact) mass is 714 g/mol. The van der Waals surface area contributed by atoms with Crippen LogP contribution in [0.3, 0.4) is 0 Å². The van der Waals surface area contributed by atoms with Gasteiger partial charge in [-0.2, -0.15) is 0 Å². The Balaban J connectivity index is 2.68. The average Bonchev–Trinajstić information content (AvgIpc) is 2.67. The molecule has 0 bridgehead atoms. The molecule has 2 aliphatic rings. The van der Waals surface area contributed by atoms with Crippen LogP contribution in [0, 0.1) is 31.9 Å². The van der Waals surface area contributed by atoms with Crippen LogP contribution in [-0.2, 0) is 2.65 Å². The predicted molar refractivity (Wildman–Crippen MR) is 150 cm³/mol. The van der Waals surface area contributed by atoms with E-state index >= 15 is 0 Å². The molecule has 0 radical (unpaired) electrons. The summed E-state index contributed by atoms with van der Waals surface area (Å²) in [6, 6.07) is 0. The fraction of sp³-hybridized carbons (Fsp3) is 0.567. The third-order valence-electron chi connectivity index (χ3n) is 5.87. The van der Waals surface area contributed by atoms with Crippen LogP contribution >= 0.6 is 0 Å². The van der Waals surface area contributed by atoms with E-state index in [4.69, 9.17) is 2.65 Å². The van der Waals surface area contributed by atoms with E-state index in [0.717, 1.165) is 18.3 Å². The first kappa shape index (κ1) is 33.0. The molecule has 0 saturated heterocycles. The summed E-state index contributed by atoms with van der Waals surface area (Å²) in [5.74, 6) is 0. The summed E-state index contributed by atoms with van der Waals surface area (Å²) in [6.07, 6.45) is 13.1. The SMILES string of the molecule is C/C(=C\C=C1C=C(C(C)(C)C)[Se]C(C(C)(C)C)=C1)C1=CC(C(C)(C)C)=[Te](O[Cl+3]([O-])([O-])[O-])C(C(C)(C)C)=C1. The van der Waals surface area contributed by atoms with Crippen molar-refractivity contribution < 1.29 is 26.9 Å². The number of halogens is 1. The van der Waals surface area contributed by atoms with Crippen LogP contribution in [0.25, 0.3) is 0 Å². The summed E-state index contributed by atoms with van der Waals surface area (Å²) < 4.78 is 45.2. The van der Waals surface area contributed by atoms with Gasteiger partial charge in [-0.05, 0) is 0 Å². The molecule has 37 heavy (non-hydrogen) atoms. The fourth-order valence-corrected chi connectivity index (χ4v) is 14.1. The third-order valence-corrected chi connectivity index (χ3v) is 19.0. The Morgan fingerprint density at radius 1 is 0.757 bits per heavy atom. The number of allylic oxidation sites excluding steroid dienone is 12. The van der Waals surface area contributed by atoms with Crippen molar-refractivity contribution >= 4 is 38.0 Å². The van der Waals surface area contributed by atoms with Gasteiger partial charge in [0, 0.05) is 0 Å². The second kappa shape index (κ2) is 11.3. The molecule has 0 saturated carbocycles. The molecule has 4 nitrogen and oxygen atoms in total. The van der Waals surface area contributed by atoms with E-state index in [1.54, 1.807) is 0 Å². The van der Waals surface area contributed by atoms with Crippen LogP contribution < -0.4 is 14.0 Å². The molecule has 7 heteroatoms. The zero-order valence-electron chi connectivity index (χ0n) is 24.8. The predicted octanol–water partition coefficient (Wildman–Crippen LogP) is 4.59. The molecule has 0 amide bonds. The van der Waals surface area contributed by atoms with Crippen LogP contribution in [-0.4, -0.2) is 38.0 Å². The zero-order valence-corrected chi connectivity index (χ0v) is 29.6. The van der Waals surface area contributed by atoms with Gasteiger partial charge in [0.05, 0.1) is 0 Å². The first-order chi connectivity index (χ1) is 16.4. The normalized spacial score (nSPS) is 19.4. The van der Waals surface area contributed by atoms with Crippen molar-refractivity contribution in [2.75, 3.05) is 0 Å². The van der Waals surface area contributed by atoms with E-state index in [1.165, 1.54) is 14.5 Å². The maximum absolute atomic E-state index is 11.7. The summed E-state index contributed by atoms with van der Waals surface area (Å²) in [5.41, 5.74) is 2.91. The summed E-state index contributed by atoms with van der Waals surface area (Å²) in [4.78, 5) is 0. The molecule has 2 aliphatic heterocycles. The van der Waals surface area contributed by atoms with Crippen molar-refractivity contribution in [1.29, 1.82) is 0 Å². The van der Waals surface area contributed by atoms with Gasteiger partial charge >= 0.3 is 242 Å². The molecule has 0 aromatic rings. The Hall–Kier alpha value is -0.251. The van der Waals surface area contributed by atoms with Gasteiger partial charge in [0.1, 0.15) is 0 Å². The van der Waals surface area contributed by atoms with Crippen molar-refractivity contribution in [1.82, 2.24) is 0 Å². The molecule has 0 aromatic heterocycles. The van der Waals surface area contributed by atoms with Crippen LogP contribution in [0.15, 0.2) is 65.7 Å². The van der Waals surface area contributed by atoms with Gasteiger partial charge < -0.3 is 0 Å². The molecular formula is C30H45ClO4SeTe. The second-order valence-corrected chi connectivity index (χ2v) is 22.1. The number of hydrogen-bond donors (Lipinski definition) is 0. The molecule has 0 aliphatic carbocycles. The third kappa shape index (κ3) is 9.42. The van der Waals surface area contributed by atoms with Crippen LogP contribution in [0.2, 0.25) is 0 Å². The van der Waals surface area contributed by atoms with Gasteiger partial charge in [-0.15, -0.1) is 0 Å².